The lowest BCUT2D eigenvalue weighted by molar-refractivity contribution is -0.288. The van der Waals surface area contributed by atoms with E-state index >= 15 is 8.78 Å². The minimum atomic E-state index is -4.68. The van der Waals surface area contributed by atoms with Crippen molar-refractivity contribution in [1.29, 1.82) is 0 Å². The molecule has 3 nitrogen and oxygen atoms in total. The van der Waals surface area contributed by atoms with Crippen LogP contribution in [0.15, 0.2) is 78.9 Å². The first-order chi connectivity index (χ1) is 14.3. The summed E-state index contributed by atoms with van der Waals surface area (Å²) in [5.41, 5.74) is -3.12. The van der Waals surface area contributed by atoms with Gasteiger partial charge in [-0.25, -0.2) is 0 Å². The van der Waals surface area contributed by atoms with Gasteiger partial charge in [-0.05, 0) is 18.2 Å². The predicted octanol–water partition coefficient (Wildman–Crippen LogP) is 5.59. The molecular formula is C22H15F4O3P. The zero-order valence-electron chi connectivity index (χ0n) is 15.4. The van der Waals surface area contributed by atoms with Crippen molar-refractivity contribution in [2.45, 2.75) is 17.4 Å². The van der Waals surface area contributed by atoms with Gasteiger partial charge in [0.15, 0.2) is 26.6 Å². The van der Waals surface area contributed by atoms with Gasteiger partial charge < -0.3 is 9.47 Å². The maximum absolute atomic E-state index is 15.7. The first kappa shape index (κ1) is 20.4. The first-order valence-corrected chi connectivity index (χ1v) is 9.79. The summed E-state index contributed by atoms with van der Waals surface area (Å²) in [6, 6.07) is 18.3. The van der Waals surface area contributed by atoms with E-state index < -0.39 is 24.1 Å². The van der Waals surface area contributed by atoms with Gasteiger partial charge in [-0.3, -0.25) is 4.57 Å². The molecule has 0 aromatic heterocycles. The largest absolute Gasteiger partial charge is 0.483 e. The molecule has 1 aliphatic rings. The van der Waals surface area contributed by atoms with E-state index in [1.807, 2.05) is 0 Å². The van der Waals surface area contributed by atoms with Crippen LogP contribution in [0.3, 0.4) is 0 Å². The van der Waals surface area contributed by atoms with Crippen molar-refractivity contribution < 1.29 is 31.6 Å². The molecule has 3 aromatic rings. The van der Waals surface area contributed by atoms with E-state index in [9.17, 15) is 13.3 Å². The van der Waals surface area contributed by atoms with Gasteiger partial charge >= 0.3 is 11.8 Å². The molecule has 0 amide bonds. The standard InChI is InChI=1S/C22H15F4O3P/c23-20(24)14-28-19-13-17(30-27)11-12-18(19)29-21(22(20,25)26,15-7-3-1-4-8-15)16-9-5-2-6-10-16/h1-13H,14H2. The van der Waals surface area contributed by atoms with Gasteiger partial charge in [-0.2, -0.15) is 17.6 Å². The molecule has 0 aliphatic carbocycles. The lowest BCUT2D eigenvalue weighted by atomic mass is 9.77. The molecule has 0 fully saturated rings. The van der Waals surface area contributed by atoms with Crippen molar-refractivity contribution >= 4 is 13.8 Å². The zero-order valence-corrected chi connectivity index (χ0v) is 16.3. The number of benzene rings is 3. The fourth-order valence-electron chi connectivity index (χ4n) is 3.49. The number of hydrogen-bond donors (Lipinski definition) is 0. The summed E-state index contributed by atoms with van der Waals surface area (Å²) in [5.74, 6) is -9.62. The van der Waals surface area contributed by atoms with E-state index in [-0.39, 0.29) is 36.4 Å². The number of ether oxygens (including phenoxy) is 2. The second-order valence-electron chi connectivity index (χ2n) is 6.81. The van der Waals surface area contributed by atoms with Crippen molar-refractivity contribution in [3.8, 4) is 11.5 Å². The van der Waals surface area contributed by atoms with Crippen LogP contribution < -0.4 is 14.8 Å². The van der Waals surface area contributed by atoms with Gasteiger partial charge in [0.2, 0.25) is 5.60 Å². The molecule has 154 valence electrons. The van der Waals surface area contributed by atoms with E-state index in [4.69, 9.17) is 9.47 Å². The van der Waals surface area contributed by atoms with Crippen molar-refractivity contribution in [1.82, 2.24) is 0 Å². The summed E-state index contributed by atoms with van der Waals surface area (Å²) in [6.45, 7) is -1.57. The van der Waals surface area contributed by atoms with Gasteiger partial charge in [0.25, 0.3) is 0 Å². The Kier molecular flexibility index (Phi) is 5.02. The van der Waals surface area contributed by atoms with Crippen LogP contribution in [0.4, 0.5) is 17.6 Å². The van der Waals surface area contributed by atoms with Crippen LogP contribution >= 0.6 is 8.46 Å². The van der Waals surface area contributed by atoms with Crippen LogP contribution in [0, 0.1) is 0 Å². The Morgan fingerprint density at radius 2 is 1.33 bits per heavy atom. The highest BCUT2D eigenvalue weighted by atomic mass is 31.1. The molecule has 1 aliphatic heterocycles. The maximum atomic E-state index is 15.7. The Bertz CT molecular complexity index is 1020. The van der Waals surface area contributed by atoms with Crippen LogP contribution in [-0.2, 0) is 10.2 Å². The number of fused-ring (bicyclic) bond motifs is 1. The van der Waals surface area contributed by atoms with Crippen LogP contribution in [-0.4, -0.2) is 18.5 Å². The molecule has 0 radical (unpaired) electrons. The summed E-state index contributed by atoms with van der Waals surface area (Å²) < 4.78 is 83.3. The molecule has 0 N–H and O–H groups in total. The van der Waals surface area contributed by atoms with Crippen LogP contribution in [0.5, 0.6) is 11.5 Å². The van der Waals surface area contributed by atoms with Gasteiger partial charge in [0.1, 0.15) is 0 Å². The minimum Gasteiger partial charge on any atom is -0.483 e. The van der Waals surface area contributed by atoms with Crippen LogP contribution in [0.25, 0.3) is 0 Å². The fourth-order valence-corrected chi connectivity index (χ4v) is 3.79. The van der Waals surface area contributed by atoms with Gasteiger partial charge in [-0.15, -0.1) is 0 Å². The van der Waals surface area contributed by atoms with Crippen LogP contribution in [0.2, 0.25) is 0 Å². The quantitative estimate of drug-likeness (QED) is 0.398. The Morgan fingerprint density at radius 1 is 0.767 bits per heavy atom. The monoisotopic (exact) mass is 434 g/mol. The molecule has 8 heteroatoms. The Hall–Kier alpha value is -2.92. The van der Waals surface area contributed by atoms with E-state index in [2.05, 4.69) is 0 Å². The average molecular weight is 434 g/mol. The Morgan fingerprint density at radius 3 is 1.87 bits per heavy atom. The highest BCUT2D eigenvalue weighted by molar-refractivity contribution is 7.34. The number of hydrogen-bond acceptors (Lipinski definition) is 3. The average Bonchev–Trinajstić information content (AvgIpc) is 2.76. The smallest absolute Gasteiger partial charge is 0.360 e. The summed E-state index contributed by atoms with van der Waals surface area (Å²) in [5, 5.41) is 0.234. The van der Waals surface area contributed by atoms with Crippen molar-refractivity contribution in [2.75, 3.05) is 6.61 Å². The van der Waals surface area contributed by atoms with Crippen molar-refractivity contribution in [2.24, 2.45) is 0 Å². The molecule has 0 saturated carbocycles. The molecule has 0 unspecified atom stereocenters. The second kappa shape index (κ2) is 7.40. The SMILES string of the molecule is O=Pc1ccc2c(c1)OCC(F)(F)C(F)(F)C(c1ccccc1)(c1ccccc1)O2. The van der Waals surface area contributed by atoms with E-state index in [1.165, 1.54) is 66.7 Å². The van der Waals surface area contributed by atoms with Gasteiger partial charge in [0.05, 0.1) is 0 Å². The molecule has 0 bridgehead atoms. The molecule has 0 saturated heterocycles. The molecule has 30 heavy (non-hydrogen) atoms. The first-order valence-electron chi connectivity index (χ1n) is 8.98. The zero-order chi connectivity index (χ0) is 21.4. The number of alkyl halides is 4. The van der Waals surface area contributed by atoms with E-state index in [1.54, 1.807) is 12.1 Å². The van der Waals surface area contributed by atoms with Gasteiger partial charge in [0, 0.05) is 16.4 Å². The normalized spacial score (nSPS) is 18.9. The van der Waals surface area contributed by atoms with Gasteiger partial charge in [-0.1, -0.05) is 60.7 Å². The molecular weight excluding hydrogens is 419 g/mol. The predicted molar refractivity (Wildman–Crippen MR) is 103 cm³/mol. The van der Waals surface area contributed by atoms with Crippen molar-refractivity contribution in [3.63, 3.8) is 0 Å². The Labute approximate surface area is 171 Å². The topological polar surface area (TPSA) is 35.5 Å². The van der Waals surface area contributed by atoms with E-state index in [0.717, 1.165) is 0 Å². The summed E-state index contributed by atoms with van der Waals surface area (Å²) >= 11 is 0. The third-order valence-corrected chi connectivity index (χ3v) is 5.46. The lowest BCUT2D eigenvalue weighted by Gasteiger charge is -2.45. The number of rotatable bonds is 3. The van der Waals surface area contributed by atoms with Crippen LogP contribution in [0.1, 0.15) is 11.1 Å². The lowest BCUT2D eigenvalue weighted by Crippen LogP contribution is -2.62. The summed E-state index contributed by atoms with van der Waals surface area (Å²) in [4.78, 5) is 0. The third-order valence-electron chi connectivity index (χ3n) is 4.97. The highest BCUT2D eigenvalue weighted by Gasteiger charge is 2.73. The minimum absolute atomic E-state index is 0.139. The summed E-state index contributed by atoms with van der Waals surface area (Å²) in [7, 11) is -0.371. The summed E-state index contributed by atoms with van der Waals surface area (Å²) in [6.07, 6.45) is 0. The third kappa shape index (κ3) is 3.05. The fraction of sp³-hybridized carbons (Fsp3) is 0.182. The molecule has 0 spiro atoms. The van der Waals surface area contributed by atoms with E-state index in [0.29, 0.717) is 0 Å². The molecule has 0 atom stereocenters. The van der Waals surface area contributed by atoms with Crippen molar-refractivity contribution in [3.05, 3.63) is 90.0 Å². The molecule has 4 rings (SSSR count). The molecule has 3 aromatic carbocycles. The molecule has 1 heterocycles. The second-order valence-corrected chi connectivity index (χ2v) is 7.50. The Balaban J connectivity index is 2.07. The maximum Gasteiger partial charge on any atom is 0.360 e. The number of halogens is 4. The highest BCUT2D eigenvalue weighted by Crippen LogP contribution is 2.55.